The molecule has 1 amide bonds. The average Bonchev–Trinajstić information content (AvgIpc) is 2.30. The van der Waals surface area contributed by atoms with Crippen LogP contribution in [0.15, 0.2) is 0 Å². The highest BCUT2D eigenvalue weighted by molar-refractivity contribution is 5.77. The molecule has 0 spiro atoms. The van der Waals surface area contributed by atoms with Gasteiger partial charge in [-0.25, -0.2) is 0 Å². The van der Waals surface area contributed by atoms with Crippen LogP contribution in [-0.4, -0.2) is 60.1 Å². The summed E-state index contributed by atoms with van der Waals surface area (Å²) in [6.45, 7) is 3.65. The largest absolute Gasteiger partial charge is 0.389 e. The topological polar surface area (TPSA) is 43.8 Å². The van der Waals surface area contributed by atoms with E-state index in [0.717, 1.165) is 13.0 Å². The van der Waals surface area contributed by atoms with Crippen LogP contribution in [0, 0.1) is 0 Å². The summed E-state index contributed by atoms with van der Waals surface area (Å²) in [6.07, 6.45) is 0.758. The summed E-state index contributed by atoms with van der Waals surface area (Å²) in [7, 11) is 3.49. The maximum atomic E-state index is 11.3. The first-order valence-corrected chi connectivity index (χ1v) is 4.56. The molecule has 1 N–H and O–H groups in total. The third kappa shape index (κ3) is 2.97. The fourth-order valence-corrected chi connectivity index (χ4v) is 1.51. The fraction of sp³-hybridized carbons (Fsp3) is 0.889. The molecular weight excluding hydrogens is 168 g/mol. The molecule has 4 nitrogen and oxygen atoms in total. The summed E-state index contributed by atoms with van der Waals surface area (Å²) >= 11 is 0. The number of hydrogen-bond donors (Lipinski definition) is 1. The molecule has 0 aliphatic carbocycles. The summed E-state index contributed by atoms with van der Waals surface area (Å²) in [5.74, 6) is 0.0951. The minimum Gasteiger partial charge on any atom is -0.389 e. The van der Waals surface area contributed by atoms with Crippen molar-refractivity contribution in [1.29, 1.82) is 0 Å². The van der Waals surface area contributed by atoms with E-state index in [1.165, 1.54) is 0 Å². The van der Waals surface area contributed by atoms with E-state index in [9.17, 15) is 9.90 Å². The number of aliphatic hydroxyl groups is 1. The molecule has 1 heterocycles. The van der Waals surface area contributed by atoms with Gasteiger partial charge in [-0.1, -0.05) is 0 Å². The first kappa shape index (κ1) is 10.5. The van der Waals surface area contributed by atoms with Gasteiger partial charge in [0.05, 0.1) is 12.1 Å². The van der Waals surface area contributed by atoms with Crippen LogP contribution < -0.4 is 0 Å². The number of carbonyl (C=O) groups is 1. The molecule has 0 bridgehead atoms. The zero-order valence-electron chi connectivity index (χ0n) is 8.58. The van der Waals surface area contributed by atoms with Gasteiger partial charge in [-0.05, 0) is 13.3 Å². The number of hydrogen-bond acceptors (Lipinski definition) is 3. The van der Waals surface area contributed by atoms with E-state index >= 15 is 0 Å². The summed E-state index contributed by atoms with van der Waals surface area (Å²) in [5.41, 5.74) is -0.605. The summed E-state index contributed by atoms with van der Waals surface area (Å²) in [6, 6.07) is 0. The summed E-state index contributed by atoms with van der Waals surface area (Å²) in [5, 5.41) is 9.65. The van der Waals surface area contributed by atoms with Crippen molar-refractivity contribution in [2.24, 2.45) is 0 Å². The Labute approximate surface area is 79.1 Å². The van der Waals surface area contributed by atoms with Crippen LogP contribution in [-0.2, 0) is 4.79 Å². The van der Waals surface area contributed by atoms with Crippen LogP contribution in [0.2, 0.25) is 0 Å². The standard InChI is InChI=1S/C9H18N2O2/c1-9(13)4-5-11(7-9)6-8(12)10(2)3/h13H,4-7H2,1-3H3. The normalized spacial score (nSPS) is 29.2. The first-order valence-electron chi connectivity index (χ1n) is 4.56. The Balaban J connectivity index is 2.37. The van der Waals surface area contributed by atoms with Crippen molar-refractivity contribution in [3.8, 4) is 0 Å². The van der Waals surface area contributed by atoms with E-state index in [0.29, 0.717) is 13.1 Å². The minimum atomic E-state index is -0.605. The highest BCUT2D eigenvalue weighted by Crippen LogP contribution is 2.19. The Hall–Kier alpha value is -0.610. The molecule has 0 saturated carbocycles. The predicted octanol–water partition coefficient (Wildman–Crippen LogP) is -0.469. The van der Waals surface area contributed by atoms with Crippen LogP contribution in [0.5, 0.6) is 0 Å². The fourth-order valence-electron chi connectivity index (χ4n) is 1.51. The van der Waals surface area contributed by atoms with Gasteiger partial charge in [0.15, 0.2) is 0 Å². The van der Waals surface area contributed by atoms with Crippen molar-refractivity contribution in [2.45, 2.75) is 18.9 Å². The lowest BCUT2D eigenvalue weighted by atomic mass is 10.1. The molecule has 1 aliphatic heterocycles. The second-order valence-electron chi connectivity index (χ2n) is 4.25. The van der Waals surface area contributed by atoms with Crippen molar-refractivity contribution in [2.75, 3.05) is 33.7 Å². The number of β-amino-alcohol motifs (C(OH)–C–C–N with tert-alkyl or cyclic N) is 1. The first-order chi connectivity index (χ1) is 5.91. The Morgan fingerprint density at radius 3 is 2.62 bits per heavy atom. The zero-order chi connectivity index (χ0) is 10.1. The van der Waals surface area contributed by atoms with Crippen molar-refractivity contribution in [3.05, 3.63) is 0 Å². The number of rotatable bonds is 2. The number of likely N-dealkylation sites (tertiary alicyclic amines) is 1. The van der Waals surface area contributed by atoms with Crippen LogP contribution >= 0.6 is 0 Å². The van der Waals surface area contributed by atoms with Gasteiger partial charge in [-0.15, -0.1) is 0 Å². The zero-order valence-corrected chi connectivity index (χ0v) is 8.58. The Bertz CT molecular complexity index is 202. The smallest absolute Gasteiger partial charge is 0.236 e. The average molecular weight is 186 g/mol. The van der Waals surface area contributed by atoms with E-state index in [-0.39, 0.29) is 5.91 Å². The van der Waals surface area contributed by atoms with Gasteiger partial charge >= 0.3 is 0 Å². The summed E-state index contributed by atoms with van der Waals surface area (Å²) in [4.78, 5) is 14.9. The lowest BCUT2D eigenvalue weighted by Crippen LogP contribution is -2.37. The van der Waals surface area contributed by atoms with E-state index in [4.69, 9.17) is 0 Å². The lowest BCUT2D eigenvalue weighted by Gasteiger charge is -2.20. The molecule has 0 aromatic carbocycles. The molecule has 0 aromatic rings. The van der Waals surface area contributed by atoms with Gasteiger partial charge in [-0.3, -0.25) is 9.69 Å². The monoisotopic (exact) mass is 186 g/mol. The highest BCUT2D eigenvalue weighted by atomic mass is 16.3. The molecule has 1 unspecified atom stereocenters. The SMILES string of the molecule is CN(C)C(=O)CN1CCC(C)(O)C1. The molecule has 4 heteroatoms. The van der Waals surface area contributed by atoms with Gasteiger partial charge < -0.3 is 10.0 Å². The van der Waals surface area contributed by atoms with Gasteiger partial charge in [0.1, 0.15) is 0 Å². The molecule has 76 valence electrons. The summed E-state index contributed by atoms with van der Waals surface area (Å²) < 4.78 is 0. The van der Waals surface area contributed by atoms with Crippen molar-refractivity contribution < 1.29 is 9.90 Å². The van der Waals surface area contributed by atoms with Crippen LogP contribution in [0.3, 0.4) is 0 Å². The van der Waals surface area contributed by atoms with Crippen molar-refractivity contribution in [3.63, 3.8) is 0 Å². The Morgan fingerprint density at radius 2 is 2.23 bits per heavy atom. The molecule has 1 rings (SSSR count). The van der Waals surface area contributed by atoms with Crippen molar-refractivity contribution >= 4 is 5.91 Å². The van der Waals surface area contributed by atoms with E-state index in [1.54, 1.807) is 19.0 Å². The number of likely N-dealkylation sites (N-methyl/N-ethyl adjacent to an activating group) is 1. The van der Waals surface area contributed by atoms with E-state index in [2.05, 4.69) is 0 Å². The number of nitrogens with zero attached hydrogens (tertiary/aromatic N) is 2. The Kier molecular flexibility index (Phi) is 2.93. The third-order valence-corrected chi connectivity index (χ3v) is 2.39. The molecule has 1 aliphatic rings. The molecule has 0 radical (unpaired) electrons. The van der Waals surface area contributed by atoms with E-state index in [1.807, 2.05) is 11.8 Å². The second kappa shape index (κ2) is 3.64. The van der Waals surface area contributed by atoms with Crippen molar-refractivity contribution in [1.82, 2.24) is 9.80 Å². The van der Waals surface area contributed by atoms with Crippen LogP contribution in [0.1, 0.15) is 13.3 Å². The third-order valence-electron chi connectivity index (χ3n) is 2.39. The van der Waals surface area contributed by atoms with E-state index < -0.39 is 5.60 Å². The van der Waals surface area contributed by atoms with Crippen LogP contribution in [0.25, 0.3) is 0 Å². The Morgan fingerprint density at radius 1 is 1.62 bits per heavy atom. The number of amides is 1. The van der Waals surface area contributed by atoms with Gasteiger partial charge in [0.25, 0.3) is 0 Å². The quantitative estimate of drug-likeness (QED) is 0.634. The maximum absolute atomic E-state index is 11.3. The number of carbonyl (C=O) groups excluding carboxylic acids is 1. The van der Waals surface area contributed by atoms with Gasteiger partial charge in [0, 0.05) is 27.2 Å². The lowest BCUT2D eigenvalue weighted by molar-refractivity contribution is -0.129. The maximum Gasteiger partial charge on any atom is 0.236 e. The minimum absolute atomic E-state index is 0.0951. The molecule has 1 fully saturated rings. The van der Waals surface area contributed by atoms with Crippen LogP contribution in [0.4, 0.5) is 0 Å². The molecule has 1 atom stereocenters. The van der Waals surface area contributed by atoms with Gasteiger partial charge in [0.2, 0.25) is 5.91 Å². The molecule has 0 aromatic heterocycles. The predicted molar refractivity (Wildman–Crippen MR) is 50.4 cm³/mol. The highest BCUT2D eigenvalue weighted by Gasteiger charge is 2.32. The van der Waals surface area contributed by atoms with Gasteiger partial charge in [-0.2, -0.15) is 0 Å². The molecule has 1 saturated heterocycles. The molecular formula is C9H18N2O2. The molecule has 13 heavy (non-hydrogen) atoms. The second-order valence-corrected chi connectivity index (χ2v) is 4.25.